The number of rotatable bonds is 1. The average Bonchev–Trinajstić information content (AvgIpc) is 2.49. The quantitative estimate of drug-likeness (QED) is 0.772. The predicted octanol–water partition coefficient (Wildman–Crippen LogP) is 2.54. The molecule has 0 spiro atoms. The highest BCUT2D eigenvalue weighted by Gasteiger charge is 2.41. The van der Waals surface area contributed by atoms with Crippen LogP contribution in [0, 0.1) is 5.82 Å². The SMILES string of the molecule is C[C@H]1SCC[C@]1(O)c1ccccc1F. The molecular formula is C11H13FOS. The molecule has 0 radical (unpaired) electrons. The highest BCUT2D eigenvalue weighted by molar-refractivity contribution is 8.00. The van der Waals surface area contributed by atoms with Crippen molar-refractivity contribution in [2.45, 2.75) is 24.2 Å². The maximum Gasteiger partial charge on any atom is 0.129 e. The van der Waals surface area contributed by atoms with Gasteiger partial charge in [-0.15, -0.1) is 0 Å². The van der Waals surface area contributed by atoms with Gasteiger partial charge < -0.3 is 5.11 Å². The molecule has 1 heterocycles. The molecule has 0 amide bonds. The number of halogens is 1. The summed E-state index contributed by atoms with van der Waals surface area (Å²) in [5.74, 6) is 0.593. The Labute approximate surface area is 87.3 Å². The second kappa shape index (κ2) is 3.55. The highest BCUT2D eigenvalue weighted by atomic mass is 32.2. The fourth-order valence-electron chi connectivity index (χ4n) is 1.90. The summed E-state index contributed by atoms with van der Waals surface area (Å²) < 4.78 is 13.5. The molecule has 1 nitrogen and oxygen atoms in total. The van der Waals surface area contributed by atoms with E-state index in [9.17, 15) is 9.50 Å². The Kier molecular flexibility index (Phi) is 2.54. The van der Waals surface area contributed by atoms with Crippen LogP contribution < -0.4 is 0 Å². The molecule has 0 unspecified atom stereocenters. The van der Waals surface area contributed by atoms with Crippen molar-refractivity contribution in [3.8, 4) is 0 Å². The summed E-state index contributed by atoms with van der Waals surface area (Å²) in [4.78, 5) is 0. The predicted molar refractivity (Wildman–Crippen MR) is 56.8 cm³/mol. The number of benzene rings is 1. The molecule has 1 aromatic rings. The molecule has 1 saturated heterocycles. The Morgan fingerprint density at radius 1 is 1.50 bits per heavy atom. The molecule has 1 aliphatic rings. The van der Waals surface area contributed by atoms with Crippen LogP contribution in [-0.2, 0) is 5.60 Å². The van der Waals surface area contributed by atoms with Gasteiger partial charge >= 0.3 is 0 Å². The van der Waals surface area contributed by atoms with Gasteiger partial charge in [0.05, 0.1) is 0 Å². The largest absolute Gasteiger partial charge is 0.384 e. The molecule has 2 rings (SSSR count). The van der Waals surface area contributed by atoms with E-state index in [4.69, 9.17) is 0 Å². The first kappa shape index (κ1) is 9.99. The lowest BCUT2D eigenvalue weighted by molar-refractivity contribution is 0.0390. The van der Waals surface area contributed by atoms with Crippen molar-refractivity contribution < 1.29 is 9.50 Å². The lowest BCUT2D eigenvalue weighted by Crippen LogP contribution is -2.32. The molecule has 0 aliphatic carbocycles. The van der Waals surface area contributed by atoms with Gasteiger partial charge in [-0.3, -0.25) is 0 Å². The molecule has 3 heteroatoms. The van der Waals surface area contributed by atoms with E-state index in [-0.39, 0.29) is 11.1 Å². The first-order valence-corrected chi connectivity index (χ1v) is 5.78. The Morgan fingerprint density at radius 3 is 2.79 bits per heavy atom. The van der Waals surface area contributed by atoms with Crippen molar-refractivity contribution in [1.29, 1.82) is 0 Å². The minimum atomic E-state index is -0.976. The summed E-state index contributed by atoms with van der Waals surface area (Å²) in [6, 6.07) is 6.50. The monoisotopic (exact) mass is 212 g/mol. The first-order valence-electron chi connectivity index (χ1n) is 4.73. The number of thioether (sulfide) groups is 1. The van der Waals surface area contributed by atoms with E-state index in [1.807, 2.05) is 6.92 Å². The molecule has 1 fully saturated rings. The summed E-state index contributed by atoms with van der Waals surface area (Å²) in [6.07, 6.45) is 0.639. The van der Waals surface area contributed by atoms with E-state index < -0.39 is 5.60 Å². The smallest absolute Gasteiger partial charge is 0.129 e. The van der Waals surface area contributed by atoms with Crippen molar-refractivity contribution in [2.75, 3.05) is 5.75 Å². The van der Waals surface area contributed by atoms with Gasteiger partial charge in [0, 0.05) is 10.8 Å². The number of hydrogen-bond donors (Lipinski definition) is 1. The van der Waals surface area contributed by atoms with Crippen LogP contribution in [0.15, 0.2) is 24.3 Å². The van der Waals surface area contributed by atoms with E-state index >= 15 is 0 Å². The van der Waals surface area contributed by atoms with Crippen LogP contribution in [0.2, 0.25) is 0 Å². The third-order valence-corrected chi connectivity index (χ3v) is 4.19. The summed E-state index contributed by atoms with van der Waals surface area (Å²) in [5.41, 5.74) is -0.534. The van der Waals surface area contributed by atoms with Crippen molar-refractivity contribution in [2.24, 2.45) is 0 Å². The van der Waals surface area contributed by atoms with E-state index in [2.05, 4.69) is 0 Å². The van der Waals surface area contributed by atoms with Gasteiger partial charge in [0.2, 0.25) is 0 Å². The minimum Gasteiger partial charge on any atom is -0.384 e. The van der Waals surface area contributed by atoms with Crippen molar-refractivity contribution >= 4 is 11.8 Å². The second-order valence-corrected chi connectivity index (χ2v) is 5.12. The van der Waals surface area contributed by atoms with Crippen LogP contribution in [0.3, 0.4) is 0 Å². The van der Waals surface area contributed by atoms with E-state index in [0.717, 1.165) is 5.75 Å². The molecule has 14 heavy (non-hydrogen) atoms. The van der Waals surface area contributed by atoms with Crippen molar-refractivity contribution in [1.82, 2.24) is 0 Å². The molecule has 2 atom stereocenters. The van der Waals surface area contributed by atoms with Crippen LogP contribution in [0.5, 0.6) is 0 Å². The van der Waals surface area contributed by atoms with Crippen LogP contribution in [0.4, 0.5) is 4.39 Å². The second-order valence-electron chi connectivity index (χ2n) is 3.67. The lowest BCUT2D eigenvalue weighted by atomic mass is 9.88. The third-order valence-electron chi connectivity index (χ3n) is 2.86. The third kappa shape index (κ3) is 1.44. The molecule has 0 aromatic heterocycles. The zero-order valence-electron chi connectivity index (χ0n) is 8.03. The maximum atomic E-state index is 13.5. The molecule has 76 valence electrons. The minimum absolute atomic E-state index is 0.0689. The summed E-state index contributed by atoms with van der Waals surface area (Å²) in [5, 5.41) is 10.4. The molecule has 0 saturated carbocycles. The summed E-state index contributed by atoms with van der Waals surface area (Å²) in [6.45, 7) is 1.95. The van der Waals surface area contributed by atoms with Crippen molar-refractivity contribution in [3.05, 3.63) is 35.6 Å². The fourth-order valence-corrected chi connectivity index (χ4v) is 3.20. The molecule has 1 aromatic carbocycles. The molecule has 0 bridgehead atoms. The Balaban J connectivity index is 2.43. The van der Waals surface area contributed by atoms with Gasteiger partial charge in [-0.25, -0.2) is 4.39 Å². The van der Waals surface area contributed by atoms with Crippen LogP contribution in [0.1, 0.15) is 18.9 Å². The van der Waals surface area contributed by atoms with Gasteiger partial charge in [-0.05, 0) is 18.2 Å². The summed E-state index contributed by atoms with van der Waals surface area (Å²) >= 11 is 1.69. The Bertz CT molecular complexity index is 342. The highest BCUT2D eigenvalue weighted by Crippen LogP contribution is 2.43. The molecular weight excluding hydrogens is 199 g/mol. The molecule has 1 N–H and O–H groups in total. The molecule has 1 aliphatic heterocycles. The first-order chi connectivity index (χ1) is 6.64. The van der Waals surface area contributed by atoms with Gasteiger partial charge in [-0.1, -0.05) is 25.1 Å². The van der Waals surface area contributed by atoms with E-state index in [1.165, 1.54) is 6.07 Å². The fraction of sp³-hybridized carbons (Fsp3) is 0.455. The number of hydrogen-bond acceptors (Lipinski definition) is 2. The lowest BCUT2D eigenvalue weighted by Gasteiger charge is -2.27. The van der Waals surface area contributed by atoms with Gasteiger partial charge in [0.25, 0.3) is 0 Å². The zero-order chi connectivity index (χ0) is 10.2. The average molecular weight is 212 g/mol. The normalized spacial score (nSPS) is 32.1. The summed E-state index contributed by atoms with van der Waals surface area (Å²) in [7, 11) is 0. The van der Waals surface area contributed by atoms with Crippen LogP contribution >= 0.6 is 11.8 Å². The van der Waals surface area contributed by atoms with Crippen LogP contribution in [-0.4, -0.2) is 16.1 Å². The van der Waals surface area contributed by atoms with E-state index in [0.29, 0.717) is 12.0 Å². The topological polar surface area (TPSA) is 20.2 Å². The Morgan fingerprint density at radius 2 is 2.21 bits per heavy atom. The van der Waals surface area contributed by atoms with E-state index in [1.54, 1.807) is 30.0 Å². The van der Waals surface area contributed by atoms with Gasteiger partial charge in [0.15, 0.2) is 0 Å². The van der Waals surface area contributed by atoms with Gasteiger partial charge in [-0.2, -0.15) is 11.8 Å². The Hall–Kier alpha value is -0.540. The number of aliphatic hydroxyl groups is 1. The standard InChI is InChI=1S/C11H13FOS/c1-8-11(13,6-7-14-8)9-4-2-3-5-10(9)12/h2-5,8,13H,6-7H2,1H3/t8-,11-/m1/s1. The van der Waals surface area contributed by atoms with Crippen molar-refractivity contribution in [3.63, 3.8) is 0 Å². The maximum absolute atomic E-state index is 13.5. The zero-order valence-corrected chi connectivity index (χ0v) is 8.85. The van der Waals surface area contributed by atoms with Crippen LogP contribution in [0.25, 0.3) is 0 Å². The van der Waals surface area contributed by atoms with Gasteiger partial charge in [0.1, 0.15) is 11.4 Å².